The summed E-state index contributed by atoms with van der Waals surface area (Å²) in [5, 5.41) is 10.4. The minimum Gasteiger partial charge on any atom is -0.478 e. The summed E-state index contributed by atoms with van der Waals surface area (Å²) in [5.74, 6) is -0.259. The highest BCUT2D eigenvalue weighted by molar-refractivity contribution is 6.30. The number of carboxylic acid groups (broad SMARTS) is 1. The number of rotatable bonds is 2. The van der Waals surface area contributed by atoms with Crippen LogP contribution in [0.3, 0.4) is 0 Å². The van der Waals surface area contributed by atoms with Crippen molar-refractivity contribution in [2.24, 2.45) is 0 Å². The molecule has 0 amide bonds. The van der Waals surface area contributed by atoms with Crippen LogP contribution in [0, 0.1) is 0 Å². The van der Waals surface area contributed by atoms with Crippen LogP contribution in [0.25, 0.3) is 22.3 Å². The molecule has 2 aromatic carbocycles. The van der Waals surface area contributed by atoms with Gasteiger partial charge in [0.25, 0.3) is 0 Å². The van der Waals surface area contributed by atoms with Gasteiger partial charge in [-0.25, -0.2) is 4.79 Å². The summed E-state index contributed by atoms with van der Waals surface area (Å²) in [7, 11) is 0. The fourth-order valence-electron chi connectivity index (χ4n) is 1.93. The molecule has 0 spiro atoms. The van der Waals surface area contributed by atoms with Gasteiger partial charge in [0.1, 0.15) is 11.3 Å². The predicted octanol–water partition coefficient (Wildman–Crippen LogP) is 4.45. The summed E-state index contributed by atoms with van der Waals surface area (Å²) < 4.78 is 5.69. The van der Waals surface area contributed by atoms with Gasteiger partial charge in [-0.05, 0) is 48.5 Å². The number of benzene rings is 2. The van der Waals surface area contributed by atoms with Gasteiger partial charge < -0.3 is 9.52 Å². The molecular weight excluding hydrogens is 264 g/mol. The van der Waals surface area contributed by atoms with Crippen molar-refractivity contribution in [3.63, 3.8) is 0 Å². The highest BCUT2D eigenvalue weighted by Gasteiger charge is 2.09. The fourth-order valence-corrected chi connectivity index (χ4v) is 2.06. The molecule has 0 atom stereocenters. The van der Waals surface area contributed by atoms with E-state index in [0.717, 1.165) is 10.9 Å². The number of hydrogen-bond acceptors (Lipinski definition) is 2. The zero-order chi connectivity index (χ0) is 13.4. The van der Waals surface area contributed by atoms with Crippen LogP contribution >= 0.6 is 11.6 Å². The Labute approximate surface area is 114 Å². The molecule has 0 aliphatic heterocycles. The Morgan fingerprint density at radius 2 is 1.79 bits per heavy atom. The highest BCUT2D eigenvalue weighted by atomic mass is 35.5. The molecule has 0 fully saturated rings. The minimum atomic E-state index is -0.948. The Morgan fingerprint density at radius 3 is 2.47 bits per heavy atom. The Morgan fingerprint density at radius 1 is 1.05 bits per heavy atom. The smallest absolute Gasteiger partial charge is 0.335 e. The number of hydrogen-bond donors (Lipinski definition) is 1. The number of aromatic carboxylic acids is 1. The van der Waals surface area contributed by atoms with Gasteiger partial charge in [0, 0.05) is 16.0 Å². The van der Waals surface area contributed by atoms with Gasteiger partial charge in [-0.1, -0.05) is 11.6 Å². The van der Waals surface area contributed by atoms with Crippen LogP contribution in [0.4, 0.5) is 0 Å². The van der Waals surface area contributed by atoms with Crippen LogP contribution in [-0.2, 0) is 0 Å². The highest BCUT2D eigenvalue weighted by Crippen LogP contribution is 2.29. The van der Waals surface area contributed by atoms with E-state index in [1.54, 1.807) is 24.3 Å². The van der Waals surface area contributed by atoms with Crippen LogP contribution in [-0.4, -0.2) is 11.1 Å². The lowest BCUT2D eigenvalue weighted by molar-refractivity contribution is 0.0697. The molecule has 0 bridgehead atoms. The second-order valence-electron chi connectivity index (χ2n) is 4.18. The summed E-state index contributed by atoms with van der Waals surface area (Å²) in [6.45, 7) is 0. The first kappa shape index (κ1) is 11.8. The second-order valence-corrected chi connectivity index (χ2v) is 4.61. The van der Waals surface area contributed by atoms with Crippen molar-refractivity contribution in [2.75, 3.05) is 0 Å². The monoisotopic (exact) mass is 272 g/mol. The van der Waals surface area contributed by atoms with Crippen molar-refractivity contribution in [1.29, 1.82) is 0 Å². The van der Waals surface area contributed by atoms with Crippen molar-refractivity contribution in [3.8, 4) is 11.3 Å². The van der Waals surface area contributed by atoms with Crippen molar-refractivity contribution >= 4 is 28.5 Å². The molecule has 1 N–H and O–H groups in total. The molecule has 0 aliphatic carbocycles. The topological polar surface area (TPSA) is 50.4 Å². The van der Waals surface area contributed by atoms with Gasteiger partial charge in [-0.3, -0.25) is 0 Å². The SMILES string of the molecule is O=C(O)c1ccc2oc(-c3ccc(Cl)cc3)cc2c1. The van der Waals surface area contributed by atoms with Crippen LogP contribution in [0.1, 0.15) is 10.4 Å². The van der Waals surface area contributed by atoms with E-state index in [9.17, 15) is 4.79 Å². The Hall–Kier alpha value is -2.26. The number of halogens is 1. The number of furan rings is 1. The summed E-state index contributed by atoms with van der Waals surface area (Å²) in [6, 6.07) is 13.9. The fraction of sp³-hybridized carbons (Fsp3) is 0. The summed E-state index contributed by atoms with van der Waals surface area (Å²) in [6.07, 6.45) is 0. The zero-order valence-electron chi connectivity index (χ0n) is 9.76. The van der Waals surface area contributed by atoms with Gasteiger partial charge in [-0.2, -0.15) is 0 Å². The summed E-state index contributed by atoms with van der Waals surface area (Å²) >= 11 is 5.84. The first-order valence-corrected chi connectivity index (χ1v) is 6.04. The molecule has 0 saturated carbocycles. The number of carbonyl (C=O) groups is 1. The van der Waals surface area contributed by atoms with E-state index in [0.29, 0.717) is 16.4 Å². The molecular formula is C15H9ClO3. The molecule has 3 aromatic rings. The van der Waals surface area contributed by atoms with Gasteiger partial charge in [0.05, 0.1) is 5.56 Å². The maximum atomic E-state index is 10.9. The van der Waals surface area contributed by atoms with E-state index in [1.165, 1.54) is 6.07 Å². The lowest BCUT2D eigenvalue weighted by Gasteiger charge is -1.95. The average molecular weight is 273 g/mol. The standard InChI is InChI=1S/C15H9ClO3/c16-12-4-1-9(2-5-12)14-8-11-7-10(15(17)18)3-6-13(11)19-14/h1-8H,(H,17,18). The van der Waals surface area contributed by atoms with Gasteiger partial charge in [0.2, 0.25) is 0 Å². The summed E-state index contributed by atoms with van der Waals surface area (Å²) in [4.78, 5) is 10.9. The van der Waals surface area contributed by atoms with Gasteiger partial charge in [0.15, 0.2) is 0 Å². The third-order valence-electron chi connectivity index (χ3n) is 2.89. The maximum absolute atomic E-state index is 10.9. The maximum Gasteiger partial charge on any atom is 0.335 e. The number of fused-ring (bicyclic) bond motifs is 1. The minimum absolute atomic E-state index is 0.246. The second kappa shape index (κ2) is 4.44. The van der Waals surface area contributed by atoms with E-state index in [4.69, 9.17) is 21.1 Å². The average Bonchev–Trinajstić information content (AvgIpc) is 2.82. The van der Waals surface area contributed by atoms with Crippen LogP contribution < -0.4 is 0 Å². The Balaban J connectivity index is 2.11. The molecule has 4 heteroatoms. The third kappa shape index (κ3) is 2.20. The first-order valence-electron chi connectivity index (χ1n) is 5.66. The molecule has 0 radical (unpaired) electrons. The number of carboxylic acids is 1. The van der Waals surface area contributed by atoms with Crippen LogP contribution in [0.15, 0.2) is 52.9 Å². The van der Waals surface area contributed by atoms with E-state index in [2.05, 4.69) is 0 Å². The molecule has 3 rings (SSSR count). The predicted molar refractivity (Wildman–Crippen MR) is 73.6 cm³/mol. The molecule has 3 nitrogen and oxygen atoms in total. The molecule has 1 heterocycles. The van der Waals surface area contributed by atoms with E-state index in [1.807, 2.05) is 18.2 Å². The lowest BCUT2D eigenvalue weighted by Crippen LogP contribution is -1.94. The quantitative estimate of drug-likeness (QED) is 0.750. The molecule has 19 heavy (non-hydrogen) atoms. The molecule has 0 unspecified atom stereocenters. The van der Waals surface area contributed by atoms with Gasteiger partial charge >= 0.3 is 5.97 Å². The van der Waals surface area contributed by atoms with Crippen molar-refractivity contribution in [3.05, 3.63) is 59.1 Å². The van der Waals surface area contributed by atoms with E-state index < -0.39 is 5.97 Å². The molecule has 1 aromatic heterocycles. The molecule has 0 saturated heterocycles. The van der Waals surface area contributed by atoms with Crippen LogP contribution in [0.5, 0.6) is 0 Å². The molecule has 0 aliphatic rings. The Kier molecular flexibility index (Phi) is 2.76. The largest absolute Gasteiger partial charge is 0.478 e. The van der Waals surface area contributed by atoms with E-state index >= 15 is 0 Å². The normalized spacial score (nSPS) is 10.8. The van der Waals surface area contributed by atoms with Crippen molar-refractivity contribution in [1.82, 2.24) is 0 Å². The third-order valence-corrected chi connectivity index (χ3v) is 3.14. The lowest BCUT2D eigenvalue weighted by atomic mass is 10.1. The molecule has 94 valence electrons. The van der Waals surface area contributed by atoms with Gasteiger partial charge in [-0.15, -0.1) is 0 Å². The Bertz CT molecular complexity index is 757. The van der Waals surface area contributed by atoms with Crippen molar-refractivity contribution in [2.45, 2.75) is 0 Å². The first-order chi connectivity index (χ1) is 9.13. The van der Waals surface area contributed by atoms with Crippen LogP contribution in [0.2, 0.25) is 5.02 Å². The zero-order valence-corrected chi connectivity index (χ0v) is 10.5. The van der Waals surface area contributed by atoms with E-state index in [-0.39, 0.29) is 5.56 Å². The van der Waals surface area contributed by atoms with Crippen molar-refractivity contribution < 1.29 is 14.3 Å². The summed E-state index contributed by atoms with van der Waals surface area (Å²) in [5.41, 5.74) is 1.81.